The summed E-state index contributed by atoms with van der Waals surface area (Å²) in [6.45, 7) is 1.12. The maximum Gasteiger partial charge on any atom is 0.305 e. The van der Waals surface area contributed by atoms with Gasteiger partial charge in [0.15, 0.2) is 0 Å². The van der Waals surface area contributed by atoms with Crippen LogP contribution < -0.4 is 4.90 Å². The summed E-state index contributed by atoms with van der Waals surface area (Å²) >= 11 is 0. The van der Waals surface area contributed by atoms with E-state index in [9.17, 15) is 4.79 Å². The molecule has 0 unspecified atom stereocenters. The van der Waals surface area contributed by atoms with E-state index in [-0.39, 0.29) is 6.42 Å². The van der Waals surface area contributed by atoms with Crippen molar-refractivity contribution in [3.05, 3.63) is 48.3 Å². The quantitative estimate of drug-likeness (QED) is 0.860. The van der Waals surface area contributed by atoms with E-state index in [1.54, 1.807) is 10.9 Å². The number of anilines is 1. The first-order valence-corrected chi connectivity index (χ1v) is 6.15. The van der Waals surface area contributed by atoms with Gasteiger partial charge in [-0.15, -0.1) is 0 Å². The summed E-state index contributed by atoms with van der Waals surface area (Å²) in [5, 5.41) is 13.0. The molecule has 0 saturated heterocycles. The van der Waals surface area contributed by atoms with E-state index in [1.165, 1.54) is 0 Å². The highest BCUT2D eigenvalue weighted by atomic mass is 16.4. The highest BCUT2D eigenvalue weighted by Crippen LogP contribution is 2.16. The molecule has 0 atom stereocenters. The second-order valence-corrected chi connectivity index (χ2v) is 4.35. The van der Waals surface area contributed by atoms with Crippen LogP contribution in [0.4, 0.5) is 5.69 Å². The lowest BCUT2D eigenvalue weighted by molar-refractivity contribution is -0.136. The van der Waals surface area contributed by atoms with Gasteiger partial charge in [-0.3, -0.25) is 9.48 Å². The van der Waals surface area contributed by atoms with Crippen LogP contribution in [0.3, 0.4) is 0 Å². The van der Waals surface area contributed by atoms with E-state index >= 15 is 0 Å². The van der Waals surface area contributed by atoms with E-state index in [2.05, 4.69) is 5.10 Å². The second kappa shape index (κ2) is 6.04. The monoisotopic (exact) mass is 259 g/mol. The average molecular weight is 259 g/mol. The Kier molecular flexibility index (Phi) is 4.18. The molecule has 5 nitrogen and oxygen atoms in total. The Hall–Kier alpha value is -2.30. The van der Waals surface area contributed by atoms with Crippen molar-refractivity contribution < 1.29 is 9.90 Å². The summed E-state index contributed by atoms with van der Waals surface area (Å²) in [6, 6.07) is 11.8. The predicted molar refractivity (Wildman–Crippen MR) is 73.0 cm³/mol. The summed E-state index contributed by atoms with van der Waals surface area (Å²) in [4.78, 5) is 12.8. The fourth-order valence-corrected chi connectivity index (χ4v) is 1.92. The normalized spacial score (nSPS) is 10.4. The van der Waals surface area contributed by atoms with Crippen LogP contribution in [-0.2, 0) is 18.4 Å². The Balaban J connectivity index is 2.15. The van der Waals surface area contributed by atoms with Gasteiger partial charge in [-0.25, -0.2) is 0 Å². The van der Waals surface area contributed by atoms with Gasteiger partial charge in [0.05, 0.1) is 18.7 Å². The van der Waals surface area contributed by atoms with Crippen LogP contribution in [0.1, 0.15) is 12.1 Å². The topological polar surface area (TPSA) is 58.4 Å². The summed E-state index contributed by atoms with van der Waals surface area (Å²) in [5.74, 6) is -0.786. The summed E-state index contributed by atoms with van der Waals surface area (Å²) in [5.41, 5.74) is 2.07. The third-order valence-electron chi connectivity index (χ3n) is 2.99. The molecule has 0 bridgehead atoms. The van der Waals surface area contributed by atoms with Crippen molar-refractivity contribution in [2.75, 3.05) is 11.4 Å². The molecule has 0 spiro atoms. The van der Waals surface area contributed by atoms with Gasteiger partial charge in [0.25, 0.3) is 0 Å². The van der Waals surface area contributed by atoms with Crippen molar-refractivity contribution in [1.82, 2.24) is 9.78 Å². The molecule has 2 rings (SSSR count). The van der Waals surface area contributed by atoms with Crippen molar-refractivity contribution in [1.29, 1.82) is 0 Å². The lowest BCUT2D eigenvalue weighted by Crippen LogP contribution is -2.26. The molecule has 0 aliphatic carbocycles. The predicted octanol–water partition coefficient (Wildman–Crippen LogP) is 1.90. The lowest BCUT2D eigenvalue weighted by atomic mass is 10.2. The molecule has 0 amide bonds. The van der Waals surface area contributed by atoms with Crippen LogP contribution in [0.15, 0.2) is 42.6 Å². The number of hydrogen-bond acceptors (Lipinski definition) is 3. The Labute approximate surface area is 112 Å². The minimum absolute atomic E-state index is 0.118. The Morgan fingerprint density at radius 2 is 2.05 bits per heavy atom. The molecule has 2 aromatic rings. The zero-order chi connectivity index (χ0) is 13.7. The molecule has 0 aliphatic heterocycles. The maximum atomic E-state index is 10.8. The SMILES string of the molecule is Cn1nccc1CN(CCC(=O)O)c1ccccc1. The highest BCUT2D eigenvalue weighted by molar-refractivity contribution is 5.67. The fourth-order valence-electron chi connectivity index (χ4n) is 1.92. The Morgan fingerprint density at radius 3 is 2.63 bits per heavy atom. The van der Waals surface area contributed by atoms with Crippen molar-refractivity contribution in [3.63, 3.8) is 0 Å². The zero-order valence-electron chi connectivity index (χ0n) is 10.9. The van der Waals surface area contributed by atoms with Crippen LogP contribution in [0.2, 0.25) is 0 Å². The molecular formula is C14H17N3O2. The first-order chi connectivity index (χ1) is 9.16. The molecule has 0 saturated carbocycles. The second-order valence-electron chi connectivity index (χ2n) is 4.35. The van der Waals surface area contributed by atoms with Crippen LogP contribution in [0, 0.1) is 0 Å². The molecule has 100 valence electrons. The standard InChI is InChI=1S/C14H17N3O2/c1-16-13(7-9-15-16)11-17(10-8-14(18)19)12-5-3-2-4-6-12/h2-7,9H,8,10-11H2,1H3,(H,18,19). The number of hydrogen-bond donors (Lipinski definition) is 1. The molecule has 1 aromatic carbocycles. The lowest BCUT2D eigenvalue weighted by Gasteiger charge is -2.24. The average Bonchev–Trinajstić information content (AvgIpc) is 2.81. The smallest absolute Gasteiger partial charge is 0.305 e. The minimum atomic E-state index is -0.786. The first-order valence-electron chi connectivity index (χ1n) is 6.15. The Bertz CT molecular complexity index is 537. The maximum absolute atomic E-state index is 10.8. The third-order valence-corrected chi connectivity index (χ3v) is 2.99. The summed E-state index contributed by atoms with van der Waals surface area (Å²) in [7, 11) is 1.88. The van der Waals surface area contributed by atoms with Gasteiger partial charge < -0.3 is 10.0 Å². The zero-order valence-corrected chi connectivity index (χ0v) is 10.9. The van der Waals surface area contributed by atoms with Gasteiger partial charge in [0.2, 0.25) is 0 Å². The van der Waals surface area contributed by atoms with Crippen LogP contribution >= 0.6 is 0 Å². The van der Waals surface area contributed by atoms with Gasteiger partial charge >= 0.3 is 5.97 Å². The molecule has 1 heterocycles. The summed E-state index contributed by atoms with van der Waals surface area (Å²) in [6.07, 6.45) is 1.86. The van der Waals surface area contributed by atoms with E-state index in [0.717, 1.165) is 11.4 Å². The number of aliphatic carboxylic acids is 1. The number of benzene rings is 1. The van der Waals surface area contributed by atoms with Crippen molar-refractivity contribution in [3.8, 4) is 0 Å². The van der Waals surface area contributed by atoms with E-state index in [4.69, 9.17) is 5.11 Å². The molecule has 1 aromatic heterocycles. The van der Waals surface area contributed by atoms with E-state index < -0.39 is 5.97 Å². The summed E-state index contributed by atoms with van der Waals surface area (Å²) < 4.78 is 1.80. The number of carbonyl (C=O) groups is 1. The number of nitrogens with zero attached hydrogens (tertiary/aromatic N) is 3. The molecule has 0 aliphatic rings. The molecule has 19 heavy (non-hydrogen) atoms. The number of carboxylic acids is 1. The van der Waals surface area contributed by atoms with Crippen molar-refractivity contribution >= 4 is 11.7 Å². The number of rotatable bonds is 6. The number of aryl methyl sites for hydroxylation is 1. The largest absolute Gasteiger partial charge is 0.481 e. The van der Waals surface area contributed by atoms with E-state index in [0.29, 0.717) is 13.1 Å². The van der Waals surface area contributed by atoms with Gasteiger partial charge in [-0.05, 0) is 18.2 Å². The van der Waals surface area contributed by atoms with Crippen LogP contribution in [0.25, 0.3) is 0 Å². The van der Waals surface area contributed by atoms with E-state index in [1.807, 2.05) is 48.3 Å². The highest BCUT2D eigenvalue weighted by Gasteiger charge is 2.11. The number of para-hydroxylation sites is 1. The third kappa shape index (κ3) is 3.58. The Morgan fingerprint density at radius 1 is 1.32 bits per heavy atom. The van der Waals surface area contributed by atoms with Crippen molar-refractivity contribution in [2.24, 2.45) is 7.05 Å². The molecule has 0 fully saturated rings. The first kappa shape index (κ1) is 13.1. The molecular weight excluding hydrogens is 242 g/mol. The van der Waals surface area contributed by atoms with Gasteiger partial charge in [0, 0.05) is 25.5 Å². The van der Waals surface area contributed by atoms with Gasteiger partial charge in [-0.1, -0.05) is 18.2 Å². The van der Waals surface area contributed by atoms with Gasteiger partial charge in [-0.2, -0.15) is 5.10 Å². The number of carboxylic acid groups (broad SMARTS) is 1. The molecule has 5 heteroatoms. The number of aromatic nitrogens is 2. The molecule has 1 N–H and O–H groups in total. The van der Waals surface area contributed by atoms with Crippen LogP contribution in [-0.4, -0.2) is 27.4 Å². The minimum Gasteiger partial charge on any atom is -0.481 e. The fraction of sp³-hybridized carbons (Fsp3) is 0.286. The van der Waals surface area contributed by atoms with Crippen LogP contribution in [0.5, 0.6) is 0 Å². The van der Waals surface area contributed by atoms with Gasteiger partial charge in [0.1, 0.15) is 0 Å². The molecule has 0 radical (unpaired) electrons. The van der Waals surface area contributed by atoms with Crippen molar-refractivity contribution in [2.45, 2.75) is 13.0 Å².